The Hall–Kier alpha value is -1.10. The second-order valence-corrected chi connectivity index (χ2v) is 5.97. The number of hydrogen-bond donors (Lipinski definition) is 1. The molecule has 1 aromatic carbocycles. The highest BCUT2D eigenvalue weighted by Crippen LogP contribution is 2.26. The molecule has 2 fully saturated rings. The zero-order valence-corrected chi connectivity index (χ0v) is 12.7. The summed E-state index contributed by atoms with van der Waals surface area (Å²) in [7, 11) is 0. The van der Waals surface area contributed by atoms with Gasteiger partial charge in [-0.05, 0) is 30.9 Å². The quantitative estimate of drug-likeness (QED) is 0.912. The second kappa shape index (κ2) is 7.25. The number of rotatable bonds is 4. The lowest BCUT2D eigenvalue weighted by atomic mass is 10.0. The van der Waals surface area contributed by atoms with Crippen LogP contribution in [0.3, 0.4) is 0 Å². The van der Waals surface area contributed by atoms with Crippen molar-refractivity contribution in [2.24, 2.45) is 0 Å². The third-order valence-electron chi connectivity index (χ3n) is 4.74. The van der Waals surface area contributed by atoms with Crippen LogP contribution in [0, 0.1) is 0 Å². The van der Waals surface area contributed by atoms with Crippen LogP contribution in [0.15, 0.2) is 24.3 Å². The largest absolute Gasteiger partial charge is 0.396 e. The molecule has 2 heterocycles. The number of para-hydroxylation sites is 1. The molecule has 4 nitrogen and oxygen atoms in total. The molecule has 0 radical (unpaired) electrons. The van der Waals surface area contributed by atoms with Crippen LogP contribution in [0.2, 0.25) is 0 Å². The van der Waals surface area contributed by atoms with Crippen molar-refractivity contribution in [3.8, 4) is 0 Å². The number of morpholine rings is 1. The van der Waals surface area contributed by atoms with Crippen molar-refractivity contribution in [3.05, 3.63) is 29.8 Å². The summed E-state index contributed by atoms with van der Waals surface area (Å²) in [5.41, 5.74) is 2.58. The van der Waals surface area contributed by atoms with Gasteiger partial charge in [0.25, 0.3) is 0 Å². The van der Waals surface area contributed by atoms with Gasteiger partial charge >= 0.3 is 0 Å². The average Bonchev–Trinajstić information content (AvgIpc) is 2.57. The number of benzene rings is 1. The predicted octanol–water partition coefficient (Wildman–Crippen LogP) is 1.52. The number of nitrogens with zero attached hydrogens (tertiary/aromatic N) is 2. The number of hydrogen-bond acceptors (Lipinski definition) is 4. The van der Waals surface area contributed by atoms with Crippen molar-refractivity contribution < 1.29 is 9.84 Å². The lowest BCUT2D eigenvalue weighted by Crippen LogP contribution is -2.49. The first-order valence-corrected chi connectivity index (χ1v) is 8.14. The highest BCUT2D eigenvalue weighted by Gasteiger charge is 2.26. The third-order valence-corrected chi connectivity index (χ3v) is 4.74. The number of ether oxygens (including phenoxy) is 1. The Bertz CT molecular complexity index is 438. The molecular weight excluding hydrogens is 264 g/mol. The SMILES string of the molecule is OCCc1ccccc1N1CCC(N2CCOCC2)CC1. The predicted molar refractivity (Wildman–Crippen MR) is 84.9 cm³/mol. The summed E-state index contributed by atoms with van der Waals surface area (Å²) in [4.78, 5) is 5.09. The molecule has 0 aromatic heterocycles. The molecule has 4 heteroatoms. The first-order chi connectivity index (χ1) is 10.4. The molecule has 2 aliphatic heterocycles. The summed E-state index contributed by atoms with van der Waals surface area (Å²) in [5, 5.41) is 9.22. The molecule has 116 valence electrons. The van der Waals surface area contributed by atoms with Gasteiger partial charge in [0.1, 0.15) is 0 Å². The zero-order chi connectivity index (χ0) is 14.5. The van der Waals surface area contributed by atoms with Gasteiger partial charge in [0.05, 0.1) is 13.2 Å². The lowest BCUT2D eigenvalue weighted by Gasteiger charge is -2.41. The molecule has 21 heavy (non-hydrogen) atoms. The Morgan fingerprint density at radius 3 is 2.48 bits per heavy atom. The Labute approximate surface area is 127 Å². The minimum atomic E-state index is 0.223. The van der Waals surface area contributed by atoms with Crippen LogP contribution in [0.25, 0.3) is 0 Å². The van der Waals surface area contributed by atoms with Crippen LogP contribution in [0.5, 0.6) is 0 Å². The molecule has 2 saturated heterocycles. The standard InChI is InChI=1S/C17H26N2O2/c20-12-7-15-3-1-2-4-17(15)19-8-5-16(6-9-19)18-10-13-21-14-11-18/h1-4,16,20H,5-14H2. The van der Waals surface area contributed by atoms with E-state index in [0.29, 0.717) is 0 Å². The van der Waals surface area contributed by atoms with Crippen molar-refractivity contribution in [1.82, 2.24) is 4.90 Å². The van der Waals surface area contributed by atoms with E-state index in [0.717, 1.165) is 51.9 Å². The van der Waals surface area contributed by atoms with E-state index < -0.39 is 0 Å². The minimum absolute atomic E-state index is 0.223. The van der Waals surface area contributed by atoms with Gasteiger partial charge < -0.3 is 14.7 Å². The van der Waals surface area contributed by atoms with Crippen molar-refractivity contribution in [2.45, 2.75) is 25.3 Å². The second-order valence-electron chi connectivity index (χ2n) is 5.97. The molecule has 0 aliphatic carbocycles. The van der Waals surface area contributed by atoms with E-state index in [1.807, 2.05) is 0 Å². The van der Waals surface area contributed by atoms with E-state index >= 15 is 0 Å². The average molecular weight is 290 g/mol. The number of aliphatic hydroxyl groups is 1. The summed E-state index contributed by atoms with van der Waals surface area (Å²) >= 11 is 0. The van der Waals surface area contributed by atoms with Crippen molar-refractivity contribution in [1.29, 1.82) is 0 Å². The van der Waals surface area contributed by atoms with E-state index in [2.05, 4.69) is 34.1 Å². The van der Waals surface area contributed by atoms with Gasteiger partial charge in [-0.25, -0.2) is 0 Å². The molecule has 0 bridgehead atoms. The summed E-state index contributed by atoms with van der Waals surface area (Å²) in [5.74, 6) is 0. The molecule has 0 spiro atoms. The molecular formula is C17H26N2O2. The maximum Gasteiger partial charge on any atom is 0.0594 e. The number of anilines is 1. The first kappa shape index (κ1) is 14.8. The van der Waals surface area contributed by atoms with Crippen LogP contribution in [0.4, 0.5) is 5.69 Å². The maximum atomic E-state index is 9.22. The van der Waals surface area contributed by atoms with E-state index in [-0.39, 0.29) is 6.61 Å². The lowest BCUT2D eigenvalue weighted by molar-refractivity contribution is 0.0115. The maximum absolute atomic E-state index is 9.22. The summed E-state index contributed by atoms with van der Waals surface area (Å²) in [6, 6.07) is 9.22. The van der Waals surface area contributed by atoms with Crippen LogP contribution in [-0.4, -0.2) is 62.0 Å². The molecule has 0 atom stereocenters. The highest BCUT2D eigenvalue weighted by atomic mass is 16.5. The monoisotopic (exact) mass is 290 g/mol. The van der Waals surface area contributed by atoms with Gasteiger partial charge in [0.2, 0.25) is 0 Å². The Morgan fingerprint density at radius 2 is 1.76 bits per heavy atom. The number of aliphatic hydroxyl groups excluding tert-OH is 1. The molecule has 3 rings (SSSR count). The molecule has 1 aromatic rings. The fourth-order valence-electron chi connectivity index (χ4n) is 3.57. The molecule has 1 N–H and O–H groups in total. The van der Waals surface area contributed by atoms with Gasteiger partial charge in [-0.1, -0.05) is 18.2 Å². The molecule has 0 saturated carbocycles. The van der Waals surface area contributed by atoms with Crippen molar-refractivity contribution in [3.63, 3.8) is 0 Å². The van der Waals surface area contributed by atoms with Gasteiger partial charge in [-0.3, -0.25) is 4.90 Å². The molecule has 0 unspecified atom stereocenters. The summed E-state index contributed by atoms with van der Waals surface area (Å²) in [6.45, 7) is 6.41. The van der Waals surface area contributed by atoms with Gasteiger partial charge in [0.15, 0.2) is 0 Å². The Balaban J connectivity index is 1.60. The van der Waals surface area contributed by atoms with Crippen LogP contribution in [-0.2, 0) is 11.2 Å². The van der Waals surface area contributed by atoms with Crippen LogP contribution in [0.1, 0.15) is 18.4 Å². The normalized spacial score (nSPS) is 21.7. The highest BCUT2D eigenvalue weighted by molar-refractivity contribution is 5.54. The molecule has 0 amide bonds. The van der Waals surface area contributed by atoms with Crippen LogP contribution < -0.4 is 4.90 Å². The Morgan fingerprint density at radius 1 is 1.05 bits per heavy atom. The van der Waals surface area contributed by atoms with Gasteiger partial charge in [-0.2, -0.15) is 0 Å². The topological polar surface area (TPSA) is 35.9 Å². The van der Waals surface area contributed by atoms with E-state index in [4.69, 9.17) is 4.74 Å². The minimum Gasteiger partial charge on any atom is -0.396 e. The van der Waals surface area contributed by atoms with Gasteiger partial charge in [0, 0.05) is 44.5 Å². The van der Waals surface area contributed by atoms with Crippen LogP contribution >= 0.6 is 0 Å². The van der Waals surface area contributed by atoms with Gasteiger partial charge in [-0.15, -0.1) is 0 Å². The van der Waals surface area contributed by atoms with E-state index in [9.17, 15) is 5.11 Å². The van der Waals surface area contributed by atoms with E-state index in [1.165, 1.54) is 24.1 Å². The third kappa shape index (κ3) is 3.57. The zero-order valence-electron chi connectivity index (χ0n) is 12.7. The fourth-order valence-corrected chi connectivity index (χ4v) is 3.57. The number of piperidine rings is 1. The fraction of sp³-hybridized carbons (Fsp3) is 0.647. The molecule has 2 aliphatic rings. The van der Waals surface area contributed by atoms with Crippen molar-refractivity contribution in [2.75, 3.05) is 50.9 Å². The smallest absolute Gasteiger partial charge is 0.0594 e. The first-order valence-electron chi connectivity index (χ1n) is 8.14. The van der Waals surface area contributed by atoms with E-state index in [1.54, 1.807) is 0 Å². The Kier molecular flexibility index (Phi) is 5.12. The van der Waals surface area contributed by atoms with Crippen molar-refractivity contribution >= 4 is 5.69 Å². The summed E-state index contributed by atoms with van der Waals surface area (Å²) in [6.07, 6.45) is 3.21. The summed E-state index contributed by atoms with van der Waals surface area (Å²) < 4.78 is 5.45.